The zero-order valence-electron chi connectivity index (χ0n) is 30.5. The van der Waals surface area contributed by atoms with Crippen LogP contribution in [0.15, 0.2) is 182 Å². The van der Waals surface area contributed by atoms with E-state index in [0.29, 0.717) is 0 Å². The van der Waals surface area contributed by atoms with Crippen LogP contribution in [0.1, 0.15) is 0 Å². The van der Waals surface area contributed by atoms with Gasteiger partial charge in [-0.2, -0.15) is 0 Å². The van der Waals surface area contributed by atoms with Gasteiger partial charge >= 0.3 is 258 Å². The fourth-order valence-electron chi connectivity index (χ4n) is 9.49. The van der Waals surface area contributed by atoms with Crippen LogP contribution < -0.4 is 0 Å². The summed E-state index contributed by atoms with van der Waals surface area (Å²) in [7, 11) is 0. The van der Waals surface area contributed by atoms with Gasteiger partial charge < -0.3 is 0 Å². The Bertz CT molecular complexity index is 3790. The van der Waals surface area contributed by atoms with Crippen LogP contribution >= 0.6 is 0 Å². The molecule has 0 bridgehead atoms. The zero-order valence-corrected chi connectivity index (χ0v) is 32.2. The van der Waals surface area contributed by atoms with E-state index in [9.17, 15) is 0 Å². The van der Waals surface area contributed by atoms with E-state index in [-0.39, 0.29) is 14.5 Å². The Labute approximate surface area is 332 Å². The van der Waals surface area contributed by atoms with E-state index in [1.165, 1.54) is 79.4 Å². The molecule has 57 heavy (non-hydrogen) atoms. The molecular weight excluding hydrogens is 760 g/mol. The fourth-order valence-corrected chi connectivity index (χ4v) is 12.0. The second-order valence-corrected chi connectivity index (χ2v) is 17.1. The number of hydrogen-bond acceptors (Lipinski definition) is 2. The summed E-state index contributed by atoms with van der Waals surface area (Å²) in [5.41, 5.74) is 10.9. The zero-order chi connectivity index (χ0) is 37.2. The average Bonchev–Trinajstić information content (AvgIpc) is 3.94. The Morgan fingerprint density at radius 1 is 0.404 bits per heavy atom. The minimum absolute atomic E-state index is 0.188. The van der Waals surface area contributed by atoms with Crippen LogP contribution in [-0.2, 0) is 0 Å². The van der Waals surface area contributed by atoms with Crippen LogP contribution in [0, 0.1) is 0 Å². The molecule has 4 aromatic heterocycles. The molecule has 0 radical (unpaired) electrons. The van der Waals surface area contributed by atoms with Gasteiger partial charge in [-0.3, -0.25) is 0 Å². The van der Waals surface area contributed by atoms with Crippen molar-refractivity contribution in [3.8, 4) is 22.6 Å². The number of nitrogens with zero attached hydrogens (tertiary/aromatic N) is 4. The minimum atomic E-state index is 0.188. The summed E-state index contributed by atoms with van der Waals surface area (Å²) in [4.78, 5) is 10.5. The molecule has 0 fully saturated rings. The van der Waals surface area contributed by atoms with E-state index >= 15 is 0 Å². The molecule has 0 aliphatic heterocycles. The van der Waals surface area contributed by atoms with Crippen molar-refractivity contribution in [2.24, 2.45) is 0 Å². The van der Waals surface area contributed by atoms with E-state index in [1.54, 1.807) is 0 Å². The number of aromatic nitrogens is 4. The molecule has 0 amide bonds. The standard InChI is InChI=1S/C52H30N4Se/c1-3-20-38-33(15-1)34-16-2-4-21-39(34)49-48(38)53-30-43(54-49)31-13-11-14-32(29-31)55-44-23-8-5-17-35(44)40-27-28-41-36-18-6-9-24-45(36)56(51(41)50(40)55)46-25-12-22-42-37-19-7-10-26-47(37)57-52(42)46/h1-30H. The van der Waals surface area contributed by atoms with Gasteiger partial charge in [-0.1, -0.05) is 48.5 Å². The van der Waals surface area contributed by atoms with Crippen molar-refractivity contribution in [3.05, 3.63) is 182 Å². The van der Waals surface area contributed by atoms with Crippen molar-refractivity contribution >= 4 is 110 Å². The monoisotopic (exact) mass is 790 g/mol. The van der Waals surface area contributed by atoms with E-state index < -0.39 is 0 Å². The third-order valence-corrected chi connectivity index (χ3v) is 14.5. The van der Waals surface area contributed by atoms with Crippen LogP contribution in [0.2, 0.25) is 0 Å². The summed E-state index contributed by atoms with van der Waals surface area (Å²) in [6, 6.07) is 64.2. The topological polar surface area (TPSA) is 35.6 Å². The van der Waals surface area contributed by atoms with Gasteiger partial charge in [0.05, 0.1) is 5.52 Å². The number of fused-ring (bicyclic) bond motifs is 16. The van der Waals surface area contributed by atoms with Crippen molar-refractivity contribution in [2.45, 2.75) is 0 Å². The first-order valence-corrected chi connectivity index (χ1v) is 21.0. The van der Waals surface area contributed by atoms with Gasteiger partial charge in [-0.05, 0) is 10.8 Å². The van der Waals surface area contributed by atoms with Crippen LogP contribution in [0.3, 0.4) is 0 Å². The Balaban J connectivity index is 1.11. The quantitative estimate of drug-likeness (QED) is 0.132. The molecule has 0 aliphatic rings. The molecule has 0 saturated heterocycles. The summed E-state index contributed by atoms with van der Waals surface area (Å²) >= 11 is 0.188. The van der Waals surface area contributed by atoms with Crippen LogP contribution in [-0.4, -0.2) is 33.6 Å². The van der Waals surface area contributed by atoms with Gasteiger partial charge in [-0.15, -0.1) is 0 Å². The SMILES string of the molecule is c1cc(-c2cnc3c4ccccc4c4ccccc4c3n2)cc(-n2c3ccccc3c3ccc4c5ccccc5n(-c5cccc6c5[se]c5ccccc56)c4c32)c1. The number of benzene rings is 9. The molecule has 0 atom stereocenters. The summed E-state index contributed by atoms with van der Waals surface area (Å²) < 4.78 is 7.92. The molecule has 0 spiro atoms. The van der Waals surface area contributed by atoms with Crippen molar-refractivity contribution in [1.82, 2.24) is 19.1 Å². The first-order valence-electron chi connectivity index (χ1n) is 19.3. The summed E-state index contributed by atoms with van der Waals surface area (Å²) in [6.07, 6.45) is 1.94. The molecule has 0 unspecified atom stereocenters. The molecule has 0 saturated carbocycles. The number of rotatable bonds is 3. The van der Waals surface area contributed by atoms with E-state index in [2.05, 4.69) is 185 Å². The number of hydrogen-bond donors (Lipinski definition) is 0. The molecular formula is C52H30N4Se. The van der Waals surface area contributed by atoms with Crippen molar-refractivity contribution in [1.29, 1.82) is 0 Å². The van der Waals surface area contributed by atoms with Gasteiger partial charge in [0, 0.05) is 10.8 Å². The Morgan fingerprint density at radius 3 is 1.70 bits per heavy atom. The predicted molar refractivity (Wildman–Crippen MR) is 241 cm³/mol. The second kappa shape index (κ2) is 11.7. The first kappa shape index (κ1) is 31.2. The Kier molecular flexibility index (Phi) is 6.42. The third kappa shape index (κ3) is 4.33. The van der Waals surface area contributed by atoms with Gasteiger partial charge in [0.1, 0.15) is 0 Å². The molecule has 13 aromatic rings. The molecule has 9 aromatic carbocycles. The molecule has 0 N–H and O–H groups in total. The van der Waals surface area contributed by atoms with E-state index in [4.69, 9.17) is 9.97 Å². The van der Waals surface area contributed by atoms with Crippen LogP contribution in [0.5, 0.6) is 0 Å². The van der Waals surface area contributed by atoms with Gasteiger partial charge in [0.25, 0.3) is 0 Å². The van der Waals surface area contributed by atoms with Gasteiger partial charge in [-0.25, -0.2) is 0 Å². The second-order valence-electron chi connectivity index (χ2n) is 14.9. The Hall–Kier alpha value is -7.04. The summed E-state index contributed by atoms with van der Waals surface area (Å²) in [5.74, 6) is 0. The predicted octanol–water partition coefficient (Wildman–Crippen LogP) is 13.2. The molecule has 4 nitrogen and oxygen atoms in total. The Morgan fingerprint density at radius 2 is 0.965 bits per heavy atom. The molecule has 0 aliphatic carbocycles. The molecule has 13 rings (SSSR count). The third-order valence-electron chi connectivity index (χ3n) is 11.9. The van der Waals surface area contributed by atoms with Crippen molar-refractivity contribution in [3.63, 3.8) is 0 Å². The molecule has 5 heteroatoms. The molecule has 264 valence electrons. The molecule has 4 heterocycles. The van der Waals surface area contributed by atoms with Crippen LogP contribution in [0.25, 0.3) is 118 Å². The summed E-state index contributed by atoms with van der Waals surface area (Å²) in [6.45, 7) is 0. The van der Waals surface area contributed by atoms with E-state index in [1.807, 2.05) is 6.20 Å². The fraction of sp³-hybridized carbons (Fsp3) is 0. The normalized spacial score (nSPS) is 12.2. The first-order chi connectivity index (χ1) is 28.3. The van der Waals surface area contributed by atoms with Crippen molar-refractivity contribution in [2.75, 3.05) is 0 Å². The maximum atomic E-state index is 5.38. The van der Waals surface area contributed by atoms with E-state index in [0.717, 1.165) is 38.8 Å². The summed E-state index contributed by atoms with van der Waals surface area (Å²) in [5, 5.41) is 12.3. The number of para-hydroxylation sites is 2. The van der Waals surface area contributed by atoms with Gasteiger partial charge in [0.2, 0.25) is 0 Å². The van der Waals surface area contributed by atoms with Crippen LogP contribution in [0.4, 0.5) is 0 Å². The van der Waals surface area contributed by atoms with Crippen molar-refractivity contribution < 1.29 is 0 Å². The average molecular weight is 790 g/mol. The maximum absolute atomic E-state index is 5.38. The van der Waals surface area contributed by atoms with Gasteiger partial charge in [0.15, 0.2) is 0 Å².